The van der Waals surface area contributed by atoms with Gasteiger partial charge in [-0.25, -0.2) is 0 Å². The quantitative estimate of drug-likeness (QED) is 0.877. The Morgan fingerprint density at radius 2 is 2.15 bits per heavy atom. The summed E-state index contributed by atoms with van der Waals surface area (Å²) in [5, 5.41) is 6.96. The average molecular weight is 280 g/mol. The van der Waals surface area contributed by atoms with E-state index in [2.05, 4.69) is 10.4 Å². The highest BCUT2D eigenvalue weighted by atomic mass is 16.5. The van der Waals surface area contributed by atoms with Crippen molar-refractivity contribution in [2.75, 3.05) is 26.0 Å². The molecular formula is C13H20N4O3. The van der Waals surface area contributed by atoms with Gasteiger partial charge in [0.1, 0.15) is 6.10 Å². The van der Waals surface area contributed by atoms with Gasteiger partial charge in [0, 0.05) is 27.7 Å². The maximum Gasteiger partial charge on any atom is 0.276 e. The third kappa shape index (κ3) is 2.67. The van der Waals surface area contributed by atoms with E-state index in [4.69, 9.17) is 4.74 Å². The standard InChI is InChI=1S/C13H20N4O3/c1-8-10(14-12(18)9-6-5-7-20-9)11(15-17(8)4)13(19)16(2)3/h9H,5-7H2,1-4H3,(H,14,18). The van der Waals surface area contributed by atoms with Gasteiger partial charge in [-0.15, -0.1) is 0 Å². The van der Waals surface area contributed by atoms with Crippen LogP contribution in [0.4, 0.5) is 5.69 Å². The number of carbonyl (C=O) groups excluding carboxylic acids is 2. The molecule has 7 nitrogen and oxygen atoms in total. The van der Waals surface area contributed by atoms with Crippen LogP contribution in [0, 0.1) is 6.92 Å². The number of anilines is 1. The molecule has 0 radical (unpaired) electrons. The molecule has 1 saturated heterocycles. The first-order valence-electron chi connectivity index (χ1n) is 6.59. The van der Waals surface area contributed by atoms with E-state index in [0.29, 0.717) is 18.7 Å². The van der Waals surface area contributed by atoms with Crippen molar-refractivity contribution < 1.29 is 14.3 Å². The number of aromatic nitrogens is 2. The zero-order valence-electron chi connectivity index (χ0n) is 12.3. The fraction of sp³-hybridized carbons (Fsp3) is 0.615. The van der Waals surface area contributed by atoms with Crippen molar-refractivity contribution in [2.24, 2.45) is 7.05 Å². The third-order valence-corrected chi connectivity index (χ3v) is 3.41. The molecule has 1 aromatic heterocycles. The van der Waals surface area contributed by atoms with Gasteiger partial charge in [-0.2, -0.15) is 5.10 Å². The third-order valence-electron chi connectivity index (χ3n) is 3.41. The number of hydrogen-bond donors (Lipinski definition) is 1. The van der Waals surface area contributed by atoms with Gasteiger partial charge in [0.2, 0.25) is 0 Å². The van der Waals surface area contributed by atoms with Crippen LogP contribution in [0.1, 0.15) is 29.0 Å². The van der Waals surface area contributed by atoms with E-state index >= 15 is 0 Å². The van der Waals surface area contributed by atoms with Gasteiger partial charge in [-0.1, -0.05) is 0 Å². The van der Waals surface area contributed by atoms with E-state index in [9.17, 15) is 9.59 Å². The maximum absolute atomic E-state index is 12.1. The maximum atomic E-state index is 12.1. The molecule has 1 atom stereocenters. The minimum atomic E-state index is -0.433. The van der Waals surface area contributed by atoms with Crippen LogP contribution in [0.15, 0.2) is 0 Å². The highest BCUT2D eigenvalue weighted by Crippen LogP contribution is 2.22. The van der Waals surface area contributed by atoms with Crippen molar-refractivity contribution in [1.29, 1.82) is 0 Å². The highest BCUT2D eigenvalue weighted by molar-refractivity contribution is 6.03. The van der Waals surface area contributed by atoms with Crippen molar-refractivity contribution in [1.82, 2.24) is 14.7 Å². The summed E-state index contributed by atoms with van der Waals surface area (Å²) in [4.78, 5) is 25.7. The molecule has 1 aliphatic rings. The molecule has 1 aliphatic heterocycles. The Morgan fingerprint density at radius 1 is 1.45 bits per heavy atom. The smallest absolute Gasteiger partial charge is 0.276 e. The lowest BCUT2D eigenvalue weighted by Crippen LogP contribution is -2.29. The Labute approximate surface area is 117 Å². The van der Waals surface area contributed by atoms with Gasteiger partial charge in [0.05, 0.1) is 11.4 Å². The number of amides is 2. The summed E-state index contributed by atoms with van der Waals surface area (Å²) in [5.74, 6) is -0.456. The van der Waals surface area contributed by atoms with Crippen molar-refractivity contribution in [3.63, 3.8) is 0 Å². The second-order valence-electron chi connectivity index (χ2n) is 5.12. The van der Waals surface area contributed by atoms with E-state index in [-0.39, 0.29) is 17.5 Å². The summed E-state index contributed by atoms with van der Waals surface area (Å²) >= 11 is 0. The van der Waals surface area contributed by atoms with Gasteiger partial charge in [-0.05, 0) is 19.8 Å². The van der Waals surface area contributed by atoms with Crippen molar-refractivity contribution >= 4 is 17.5 Å². The van der Waals surface area contributed by atoms with Crippen LogP contribution in [0.25, 0.3) is 0 Å². The minimum absolute atomic E-state index is 0.216. The summed E-state index contributed by atoms with van der Waals surface area (Å²) in [5.41, 5.74) is 1.45. The van der Waals surface area contributed by atoms with Crippen LogP contribution in [0.5, 0.6) is 0 Å². The Morgan fingerprint density at radius 3 is 2.70 bits per heavy atom. The van der Waals surface area contributed by atoms with E-state index in [1.807, 2.05) is 6.92 Å². The lowest BCUT2D eigenvalue weighted by Gasteiger charge is -2.13. The lowest BCUT2D eigenvalue weighted by molar-refractivity contribution is -0.124. The number of nitrogens with one attached hydrogen (secondary N) is 1. The molecule has 0 bridgehead atoms. The molecule has 110 valence electrons. The monoisotopic (exact) mass is 280 g/mol. The highest BCUT2D eigenvalue weighted by Gasteiger charge is 2.28. The van der Waals surface area contributed by atoms with Crippen molar-refractivity contribution in [2.45, 2.75) is 25.9 Å². The minimum Gasteiger partial charge on any atom is -0.368 e. The first-order chi connectivity index (χ1) is 9.41. The Kier molecular flexibility index (Phi) is 4.08. The zero-order valence-corrected chi connectivity index (χ0v) is 12.3. The van der Waals surface area contributed by atoms with E-state index in [1.54, 1.807) is 25.8 Å². The molecular weight excluding hydrogens is 260 g/mol. The summed E-state index contributed by atoms with van der Waals surface area (Å²) in [6.45, 7) is 2.41. The van der Waals surface area contributed by atoms with Crippen molar-refractivity contribution in [3.8, 4) is 0 Å². The Bertz CT molecular complexity index is 530. The van der Waals surface area contributed by atoms with E-state index in [0.717, 1.165) is 12.1 Å². The summed E-state index contributed by atoms with van der Waals surface area (Å²) in [6.07, 6.45) is 1.16. The van der Waals surface area contributed by atoms with Gasteiger partial charge >= 0.3 is 0 Å². The molecule has 20 heavy (non-hydrogen) atoms. The Hall–Kier alpha value is -1.89. The largest absolute Gasteiger partial charge is 0.368 e. The van der Waals surface area contributed by atoms with Gasteiger partial charge in [0.15, 0.2) is 5.69 Å². The predicted molar refractivity (Wildman–Crippen MR) is 73.6 cm³/mol. The van der Waals surface area contributed by atoms with E-state index < -0.39 is 6.10 Å². The van der Waals surface area contributed by atoms with Crippen molar-refractivity contribution in [3.05, 3.63) is 11.4 Å². The Balaban J connectivity index is 2.25. The van der Waals surface area contributed by atoms with Gasteiger partial charge in [0.25, 0.3) is 11.8 Å². The molecule has 0 saturated carbocycles. The summed E-state index contributed by atoms with van der Waals surface area (Å²) in [7, 11) is 5.04. The van der Waals surface area contributed by atoms with Crippen LogP contribution in [0.2, 0.25) is 0 Å². The van der Waals surface area contributed by atoms with Crippen LogP contribution in [-0.4, -0.2) is 53.3 Å². The average Bonchev–Trinajstić information content (AvgIpc) is 3.01. The number of carbonyl (C=O) groups is 2. The first-order valence-corrected chi connectivity index (χ1v) is 6.59. The topological polar surface area (TPSA) is 76.5 Å². The second kappa shape index (κ2) is 5.62. The molecule has 7 heteroatoms. The predicted octanol–water partition coefficient (Wildman–Crippen LogP) is 0.548. The summed E-state index contributed by atoms with van der Waals surface area (Å²) in [6, 6.07) is 0. The SMILES string of the molecule is Cc1c(NC(=O)C2CCCO2)c(C(=O)N(C)C)nn1C. The van der Waals surface area contributed by atoms with Crippen LogP contribution in [0.3, 0.4) is 0 Å². The number of aryl methyl sites for hydroxylation is 1. The number of rotatable bonds is 3. The number of nitrogens with zero attached hydrogens (tertiary/aromatic N) is 3. The molecule has 1 fully saturated rings. The first kappa shape index (κ1) is 14.5. The molecule has 1 N–H and O–H groups in total. The second-order valence-corrected chi connectivity index (χ2v) is 5.12. The molecule has 2 rings (SSSR count). The zero-order chi connectivity index (χ0) is 14.9. The fourth-order valence-electron chi connectivity index (χ4n) is 2.11. The van der Waals surface area contributed by atoms with Gasteiger partial charge < -0.3 is 15.0 Å². The molecule has 1 unspecified atom stereocenters. The van der Waals surface area contributed by atoms with Crippen LogP contribution >= 0.6 is 0 Å². The van der Waals surface area contributed by atoms with E-state index in [1.165, 1.54) is 4.90 Å². The van der Waals surface area contributed by atoms with Crippen LogP contribution < -0.4 is 5.32 Å². The molecule has 2 heterocycles. The normalized spacial score (nSPS) is 18.1. The van der Waals surface area contributed by atoms with Crippen LogP contribution in [-0.2, 0) is 16.6 Å². The lowest BCUT2D eigenvalue weighted by atomic mass is 10.2. The molecule has 1 aromatic rings. The number of ether oxygens (including phenoxy) is 1. The number of hydrogen-bond acceptors (Lipinski definition) is 4. The molecule has 0 aromatic carbocycles. The fourth-order valence-corrected chi connectivity index (χ4v) is 2.11. The summed E-state index contributed by atoms with van der Waals surface area (Å²) < 4.78 is 6.93. The van der Waals surface area contributed by atoms with Gasteiger partial charge in [-0.3, -0.25) is 14.3 Å². The molecule has 0 aliphatic carbocycles. The molecule has 0 spiro atoms. The molecule has 2 amide bonds.